The minimum Gasteiger partial charge on any atom is -0.382 e. The monoisotopic (exact) mass is 248 g/mol. The molecule has 1 aliphatic heterocycles. The molecule has 1 aromatic carbocycles. The van der Waals surface area contributed by atoms with E-state index in [1.807, 2.05) is 0 Å². The predicted octanol–water partition coefficient (Wildman–Crippen LogP) is 2.06. The van der Waals surface area contributed by atoms with Gasteiger partial charge in [-0.2, -0.15) is 0 Å². The second-order valence-corrected chi connectivity index (χ2v) is 4.72. The van der Waals surface area contributed by atoms with Crippen LogP contribution in [0.3, 0.4) is 0 Å². The van der Waals surface area contributed by atoms with E-state index in [1.54, 1.807) is 0 Å². The molecule has 1 saturated heterocycles. The highest BCUT2D eigenvalue weighted by Crippen LogP contribution is 2.21. The van der Waals surface area contributed by atoms with E-state index in [0.717, 1.165) is 45.8 Å². The Hall–Kier alpha value is -0.900. The lowest BCUT2D eigenvalue weighted by molar-refractivity contribution is 0.111. The third kappa shape index (κ3) is 3.80. The maximum atomic E-state index is 5.42. The fourth-order valence-corrected chi connectivity index (χ4v) is 2.53. The van der Waals surface area contributed by atoms with Gasteiger partial charge >= 0.3 is 0 Å². The summed E-state index contributed by atoms with van der Waals surface area (Å²) in [5.74, 6) is 0. The first-order valence-electron chi connectivity index (χ1n) is 6.99. The van der Waals surface area contributed by atoms with E-state index in [2.05, 4.69) is 47.5 Å². The van der Waals surface area contributed by atoms with Crippen LogP contribution < -0.4 is 5.32 Å². The summed E-state index contributed by atoms with van der Waals surface area (Å²) in [6.45, 7) is 8.16. The molecule has 0 amide bonds. The summed E-state index contributed by atoms with van der Waals surface area (Å²) < 4.78 is 5.42. The van der Waals surface area contributed by atoms with Gasteiger partial charge in [0.25, 0.3) is 0 Å². The summed E-state index contributed by atoms with van der Waals surface area (Å²) in [4.78, 5) is 2.57. The van der Waals surface area contributed by atoms with Crippen LogP contribution in [0.1, 0.15) is 24.9 Å². The molecule has 1 atom stereocenters. The highest BCUT2D eigenvalue weighted by Gasteiger charge is 2.22. The zero-order valence-electron chi connectivity index (χ0n) is 11.3. The molecular weight excluding hydrogens is 224 g/mol. The number of nitrogens with one attached hydrogen (secondary N) is 1. The molecule has 0 aliphatic carbocycles. The zero-order chi connectivity index (χ0) is 12.6. The molecule has 18 heavy (non-hydrogen) atoms. The molecular formula is C15H24N2O. The minimum absolute atomic E-state index is 0.515. The van der Waals surface area contributed by atoms with Gasteiger partial charge < -0.3 is 10.1 Å². The third-order valence-electron chi connectivity index (χ3n) is 3.48. The second-order valence-electron chi connectivity index (χ2n) is 4.72. The normalized spacial score (nSPS) is 21.1. The van der Waals surface area contributed by atoms with Crippen LogP contribution in [0.2, 0.25) is 0 Å². The number of rotatable bonds is 6. The number of hydrogen-bond acceptors (Lipinski definition) is 3. The quantitative estimate of drug-likeness (QED) is 0.780. The highest BCUT2D eigenvalue weighted by atomic mass is 16.5. The summed E-state index contributed by atoms with van der Waals surface area (Å²) >= 11 is 0. The summed E-state index contributed by atoms with van der Waals surface area (Å²) in [5, 5.41) is 3.49. The summed E-state index contributed by atoms with van der Waals surface area (Å²) in [7, 11) is 0. The van der Waals surface area contributed by atoms with Gasteiger partial charge in [-0.15, -0.1) is 0 Å². The average molecular weight is 248 g/mol. The van der Waals surface area contributed by atoms with Crippen LogP contribution in [0.15, 0.2) is 30.3 Å². The van der Waals surface area contributed by atoms with E-state index in [0.29, 0.717) is 6.04 Å². The van der Waals surface area contributed by atoms with Crippen LogP contribution in [0, 0.1) is 0 Å². The van der Waals surface area contributed by atoms with Gasteiger partial charge in [-0.3, -0.25) is 4.90 Å². The Morgan fingerprint density at radius 2 is 2.17 bits per heavy atom. The van der Waals surface area contributed by atoms with E-state index in [-0.39, 0.29) is 0 Å². The Labute approximate surface area is 110 Å². The molecule has 0 radical (unpaired) electrons. The molecule has 3 nitrogen and oxygen atoms in total. The highest BCUT2D eigenvalue weighted by molar-refractivity contribution is 5.20. The van der Waals surface area contributed by atoms with Crippen molar-refractivity contribution in [2.45, 2.75) is 19.4 Å². The first kappa shape index (κ1) is 13.5. The van der Waals surface area contributed by atoms with Crippen molar-refractivity contribution in [1.29, 1.82) is 0 Å². The van der Waals surface area contributed by atoms with Crippen LogP contribution in [0.4, 0.5) is 0 Å². The Morgan fingerprint density at radius 1 is 1.33 bits per heavy atom. The molecule has 0 spiro atoms. The maximum absolute atomic E-state index is 5.42. The minimum atomic E-state index is 0.515. The molecule has 0 aromatic heterocycles. The first-order chi connectivity index (χ1) is 8.92. The second kappa shape index (κ2) is 7.52. The SMILES string of the molecule is CCOCCCN1CCNCC1c1ccccc1. The van der Waals surface area contributed by atoms with Gasteiger partial charge in [-0.05, 0) is 18.9 Å². The fourth-order valence-electron chi connectivity index (χ4n) is 2.53. The van der Waals surface area contributed by atoms with Crippen molar-refractivity contribution in [2.24, 2.45) is 0 Å². The van der Waals surface area contributed by atoms with Crippen molar-refractivity contribution in [1.82, 2.24) is 10.2 Å². The van der Waals surface area contributed by atoms with Crippen molar-refractivity contribution in [3.8, 4) is 0 Å². The first-order valence-corrected chi connectivity index (χ1v) is 6.99. The molecule has 0 saturated carbocycles. The molecule has 100 valence electrons. The lowest BCUT2D eigenvalue weighted by atomic mass is 10.0. The van der Waals surface area contributed by atoms with Gasteiger partial charge in [-0.25, -0.2) is 0 Å². The topological polar surface area (TPSA) is 24.5 Å². The summed E-state index contributed by atoms with van der Waals surface area (Å²) in [6.07, 6.45) is 1.12. The Morgan fingerprint density at radius 3 is 2.94 bits per heavy atom. The number of benzene rings is 1. The van der Waals surface area contributed by atoms with Gasteiger partial charge in [0.05, 0.1) is 0 Å². The van der Waals surface area contributed by atoms with E-state index in [1.165, 1.54) is 5.56 Å². The van der Waals surface area contributed by atoms with Crippen LogP contribution in [-0.2, 0) is 4.74 Å². The predicted molar refractivity (Wildman–Crippen MR) is 74.7 cm³/mol. The van der Waals surface area contributed by atoms with Gasteiger partial charge in [0.1, 0.15) is 0 Å². The van der Waals surface area contributed by atoms with Crippen molar-refractivity contribution in [3.05, 3.63) is 35.9 Å². The molecule has 1 N–H and O–H groups in total. The van der Waals surface area contributed by atoms with Crippen molar-refractivity contribution in [2.75, 3.05) is 39.4 Å². The third-order valence-corrected chi connectivity index (χ3v) is 3.48. The Bertz CT molecular complexity index is 329. The van der Waals surface area contributed by atoms with Gasteiger partial charge in [0.15, 0.2) is 0 Å². The van der Waals surface area contributed by atoms with E-state index in [4.69, 9.17) is 4.74 Å². The average Bonchev–Trinajstić information content (AvgIpc) is 2.45. The zero-order valence-corrected chi connectivity index (χ0v) is 11.3. The van der Waals surface area contributed by atoms with Gasteiger partial charge in [0.2, 0.25) is 0 Å². The molecule has 1 aliphatic rings. The van der Waals surface area contributed by atoms with Crippen LogP contribution in [0.25, 0.3) is 0 Å². The maximum Gasteiger partial charge on any atom is 0.0478 e. The van der Waals surface area contributed by atoms with Crippen LogP contribution in [0.5, 0.6) is 0 Å². The summed E-state index contributed by atoms with van der Waals surface area (Å²) in [6, 6.07) is 11.3. The van der Waals surface area contributed by atoms with E-state index < -0.39 is 0 Å². The molecule has 3 heteroatoms. The van der Waals surface area contributed by atoms with Crippen molar-refractivity contribution < 1.29 is 4.74 Å². The fraction of sp³-hybridized carbons (Fsp3) is 0.600. The van der Waals surface area contributed by atoms with E-state index >= 15 is 0 Å². The molecule has 0 bridgehead atoms. The smallest absolute Gasteiger partial charge is 0.0478 e. The Kier molecular flexibility index (Phi) is 5.65. The standard InChI is InChI=1S/C15H24N2O/c1-2-18-12-6-10-17-11-9-16-13-15(17)14-7-4-3-5-8-14/h3-5,7-8,15-16H,2,6,9-13H2,1H3. The summed E-state index contributed by atoms with van der Waals surface area (Å²) in [5.41, 5.74) is 1.42. The van der Waals surface area contributed by atoms with Crippen LogP contribution >= 0.6 is 0 Å². The lowest BCUT2D eigenvalue weighted by Gasteiger charge is -2.36. The van der Waals surface area contributed by atoms with Crippen molar-refractivity contribution in [3.63, 3.8) is 0 Å². The molecule has 2 rings (SSSR count). The van der Waals surface area contributed by atoms with Crippen LogP contribution in [-0.4, -0.2) is 44.3 Å². The number of ether oxygens (including phenoxy) is 1. The molecule has 1 aromatic rings. The largest absolute Gasteiger partial charge is 0.382 e. The molecule has 1 heterocycles. The van der Waals surface area contributed by atoms with Gasteiger partial charge in [0, 0.05) is 45.4 Å². The number of piperazine rings is 1. The number of nitrogens with zero attached hydrogens (tertiary/aromatic N) is 1. The lowest BCUT2D eigenvalue weighted by Crippen LogP contribution is -2.46. The van der Waals surface area contributed by atoms with Gasteiger partial charge in [-0.1, -0.05) is 30.3 Å². The van der Waals surface area contributed by atoms with E-state index in [9.17, 15) is 0 Å². The molecule has 1 fully saturated rings. The number of hydrogen-bond donors (Lipinski definition) is 1. The molecule has 1 unspecified atom stereocenters. The Balaban J connectivity index is 1.90. The van der Waals surface area contributed by atoms with Crippen molar-refractivity contribution >= 4 is 0 Å².